The molecule has 0 saturated carbocycles. The fourth-order valence-corrected chi connectivity index (χ4v) is 4.92. The van der Waals surface area contributed by atoms with Crippen LogP contribution in [0.3, 0.4) is 0 Å². The molecule has 0 unspecified atom stereocenters. The molecule has 0 spiro atoms. The normalized spacial score (nSPS) is 15.8. The molecule has 0 atom stereocenters. The number of benzene rings is 2. The Morgan fingerprint density at radius 2 is 1.76 bits per heavy atom. The lowest BCUT2D eigenvalue weighted by molar-refractivity contribution is -0.385. The lowest BCUT2D eigenvalue weighted by atomic mass is 10.0. The van der Waals surface area contributed by atoms with Crippen molar-refractivity contribution < 1.29 is 18.1 Å². The van der Waals surface area contributed by atoms with Gasteiger partial charge in [0.2, 0.25) is 10.0 Å². The van der Waals surface area contributed by atoms with Crippen molar-refractivity contribution in [3.8, 4) is 0 Å². The van der Waals surface area contributed by atoms with Gasteiger partial charge in [0.15, 0.2) is 0 Å². The van der Waals surface area contributed by atoms with Gasteiger partial charge in [-0.3, -0.25) is 14.9 Å². The topological polar surface area (TPSA) is 110 Å². The zero-order chi connectivity index (χ0) is 21.2. The summed E-state index contributed by atoms with van der Waals surface area (Å²) in [5, 5.41) is 14.1. The molecule has 0 aliphatic carbocycles. The number of piperidine rings is 1. The number of nitrogens with one attached hydrogen (secondary N) is 1. The van der Waals surface area contributed by atoms with Crippen molar-refractivity contribution in [1.29, 1.82) is 0 Å². The van der Waals surface area contributed by atoms with Gasteiger partial charge in [-0.2, -0.15) is 4.31 Å². The molecule has 29 heavy (non-hydrogen) atoms. The van der Waals surface area contributed by atoms with Crippen LogP contribution in [0.4, 0.5) is 5.69 Å². The van der Waals surface area contributed by atoms with Gasteiger partial charge in [-0.25, -0.2) is 8.42 Å². The molecule has 1 fully saturated rings. The standard InChI is InChI=1S/C20H23N3O5S/c1-14-5-3-4-6-18(14)20(24)21-16-9-11-22(12-10-16)29(27,28)17-8-7-15(2)19(13-17)23(25)26/h3-8,13,16H,9-12H2,1-2H3,(H,21,24). The highest BCUT2D eigenvalue weighted by Crippen LogP contribution is 2.26. The molecule has 1 N–H and O–H groups in total. The molecule has 154 valence electrons. The average molecular weight is 417 g/mol. The summed E-state index contributed by atoms with van der Waals surface area (Å²) in [6, 6.07) is 11.1. The molecule has 2 aromatic rings. The van der Waals surface area contributed by atoms with E-state index in [0.717, 1.165) is 11.6 Å². The fourth-order valence-electron chi connectivity index (χ4n) is 3.43. The smallest absolute Gasteiger partial charge is 0.273 e. The molecule has 0 radical (unpaired) electrons. The van der Waals surface area contributed by atoms with E-state index in [2.05, 4.69) is 5.32 Å². The maximum atomic E-state index is 12.9. The first-order chi connectivity index (χ1) is 13.7. The van der Waals surface area contributed by atoms with Gasteiger partial charge in [-0.05, 0) is 44.4 Å². The fraction of sp³-hybridized carbons (Fsp3) is 0.350. The third-order valence-electron chi connectivity index (χ3n) is 5.19. The van der Waals surface area contributed by atoms with Crippen LogP contribution in [0.15, 0.2) is 47.4 Å². The lowest BCUT2D eigenvalue weighted by Crippen LogP contribution is -2.46. The predicted molar refractivity (Wildman–Crippen MR) is 108 cm³/mol. The van der Waals surface area contributed by atoms with Gasteiger partial charge in [-0.15, -0.1) is 0 Å². The number of amides is 1. The molecular weight excluding hydrogens is 394 g/mol. The second-order valence-electron chi connectivity index (χ2n) is 7.17. The van der Waals surface area contributed by atoms with Crippen molar-refractivity contribution in [2.24, 2.45) is 0 Å². The minimum Gasteiger partial charge on any atom is -0.349 e. The quantitative estimate of drug-likeness (QED) is 0.594. The minimum absolute atomic E-state index is 0.0859. The molecule has 0 aromatic heterocycles. The Morgan fingerprint density at radius 3 is 2.38 bits per heavy atom. The molecule has 1 aliphatic heterocycles. The SMILES string of the molecule is Cc1ccccc1C(=O)NC1CCN(S(=O)(=O)c2ccc(C)c([N+](=O)[O-])c2)CC1. The van der Waals surface area contributed by atoms with Crippen LogP contribution in [0.5, 0.6) is 0 Å². The summed E-state index contributed by atoms with van der Waals surface area (Å²) >= 11 is 0. The van der Waals surface area contributed by atoms with Gasteiger partial charge >= 0.3 is 0 Å². The number of hydrogen-bond acceptors (Lipinski definition) is 5. The predicted octanol–water partition coefficient (Wildman–Crippen LogP) is 2.79. The zero-order valence-electron chi connectivity index (χ0n) is 16.3. The van der Waals surface area contributed by atoms with Crippen molar-refractivity contribution >= 4 is 21.6 Å². The summed E-state index contributed by atoms with van der Waals surface area (Å²) in [6.45, 7) is 3.91. The minimum atomic E-state index is -3.83. The number of nitro benzene ring substituents is 1. The van der Waals surface area contributed by atoms with Crippen LogP contribution in [0.25, 0.3) is 0 Å². The highest BCUT2D eigenvalue weighted by molar-refractivity contribution is 7.89. The van der Waals surface area contributed by atoms with E-state index >= 15 is 0 Å². The molecule has 1 saturated heterocycles. The third kappa shape index (κ3) is 4.46. The van der Waals surface area contributed by atoms with Gasteiger partial charge < -0.3 is 5.32 Å². The van der Waals surface area contributed by atoms with E-state index in [-0.39, 0.29) is 35.6 Å². The first-order valence-corrected chi connectivity index (χ1v) is 10.8. The van der Waals surface area contributed by atoms with Gasteiger partial charge in [0.1, 0.15) is 0 Å². The Labute approximate surface area is 169 Å². The highest BCUT2D eigenvalue weighted by atomic mass is 32.2. The maximum absolute atomic E-state index is 12.9. The van der Waals surface area contributed by atoms with E-state index in [4.69, 9.17) is 0 Å². The Kier molecular flexibility index (Phi) is 5.99. The van der Waals surface area contributed by atoms with E-state index in [0.29, 0.717) is 24.0 Å². The van der Waals surface area contributed by atoms with Crippen molar-refractivity contribution in [3.05, 3.63) is 69.3 Å². The summed E-state index contributed by atoms with van der Waals surface area (Å²) in [5.41, 5.74) is 1.68. The van der Waals surface area contributed by atoms with Crippen molar-refractivity contribution in [3.63, 3.8) is 0 Å². The average Bonchev–Trinajstić information content (AvgIpc) is 2.68. The van der Waals surface area contributed by atoms with Crippen LogP contribution in [0, 0.1) is 24.0 Å². The van der Waals surface area contributed by atoms with E-state index in [1.54, 1.807) is 19.1 Å². The second-order valence-corrected chi connectivity index (χ2v) is 9.11. The Bertz CT molecular complexity index is 1040. The number of carbonyl (C=O) groups is 1. The number of carbonyl (C=O) groups excluding carboxylic acids is 1. The zero-order valence-corrected chi connectivity index (χ0v) is 17.1. The van der Waals surface area contributed by atoms with Crippen LogP contribution in [0.2, 0.25) is 0 Å². The molecule has 9 heteroatoms. The molecule has 3 rings (SSSR count). The molecule has 1 aliphatic rings. The largest absolute Gasteiger partial charge is 0.349 e. The first-order valence-electron chi connectivity index (χ1n) is 9.32. The number of hydrogen-bond donors (Lipinski definition) is 1. The maximum Gasteiger partial charge on any atom is 0.273 e. The van der Waals surface area contributed by atoms with Crippen molar-refractivity contribution in [2.75, 3.05) is 13.1 Å². The van der Waals surface area contributed by atoms with E-state index in [9.17, 15) is 23.3 Å². The molecule has 2 aromatic carbocycles. The third-order valence-corrected chi connectivity index (χ3v) is 7.09. The van der Waals surface area contributed by atoms with E-state index < -0.39 is 14.9 Å². The Morgan fingerprint density at radius 1 is 1.10 bits per heavy atom. The van der Waals surface area contributed by atoms with Gasteiger partial charge in [-0.1, -0.05) is 24.3 Å². The number of aryl methyl sites for hydroxylation is 2. The summed E-state index contributed by atoms with van der Waals surface area (Å²) in [6.07, 6.45) is 0.954. The second kappa shape index (κ2) is 8.30. The number of rotatable bonds is 5. The monoisotopic (exact) mass is 417 g/mol. The Hall–Kier alpha value is -2.78. The summed E-state index contributed by atoms with van der Waals surface area (Å²) in [4.78, 5) is 22.9. The van der Waals surface area contributed by atoms with Gasteiger partial charge in [0, 0.05) is 36.3 Å². The van der Waals surface area contributed by atoms with Crippen molar-refractivity contribution in [2.45, 2.75) is 37.6 Å². The van der Waals surface area contributed by atoms with Gasteiger partial charge in [0.25, 0.3) is 11.6 Å². The van der Waals surface area contributed by atoms with E-state index in [1.165, 1.54) is 16.4 Å². The lowest BCUT2D eigenvalue weighted by Gasteiger charge is -2.31. The molecule has 1 heterocycles. The van der Waals surface area contributed by atoms with E-state index in [1.807, 2.05) is 19.1 Å². The van der Waals surface area contributed by atoms with Crippen LogP contribution in [-0.4, -0.2) is 42.7 Å². The van der Waals surface area contributed by atoms with Crippen LogP contribution >= 0.6 is 0 Å². The summed E-state index contributed by atoms with van der Waals surface area (Å²) in [7, 11) is -3.83. The summed E-state index contributed by atoms with van der Waals surface area (Å²) < 4.78 is 27.1. The molecule has 1 amide bonds. The van der Waals surface area contributed by atoms with Crippen LogP contribution in [0.1, 0.15) is 34.3 Å². The van der Waals surface area contributed by atoms with Crippen LogP contribution < -0.4 is 5.32 Å². The summed E-state index contributed by atoms with van der Waals surface area (Å²) in [5.74, 6) is -0.168. The highest BCUT2D eigenvalue weighted by Gasteiger charge is 2.31. The number of nitrogens with zero attached hydrogens (tertiary/aromatic N) is 2. The molecule has 0 bridgehead atoms. The van der Waals surface area contributed by atoms with Crippen LogP contribution in [-0.2, 0) is 10.0 Å². The number of sulfonamides is 1. The van der Waals surface area contributed by atoms with Crippen molar-refractivity contribution in [1.82, 2.24) is 9.62 Å². The Balaban J connectivity index is 1.67. The van der Waals surface area contributed by atoms with Gasteiger partial charge in [0.05, 0.1) is 9.82 Å². The molecule has 8 nitrogen and oxygen atoms in total. The molecular formula is C20H23N3O5S. The number of nitro groups is 1. The first kappa shape index (κ1) is 20.9.